The lowest BCUT2D eigenvalue weighted by Crippen LogP contribution is -2.50. The maximum Gasteiger partial charge on any atom is 0.414 e. The van der Waals surface area contributed by atoms with E-state index in [2.05, 4.69) is 0 Å². The van der Waals surface area contributed by atoms with Gasteiger partial charge in [0, 0.05) is 45.2 Å². The first kappa shape index (κ1) is 27.3. The van der Waals surface area contributed by atoms with E-state index in [0.717, 1.165) is 17.0 Å². The smallest absolute Gasteiger partial charge is 0.414 e. The number of piperidine rings is 1. The topological polar surface area (TPSA) is 149 Å². The molecule has 198 valence electrons. The van der Waals surface area contributed by atoms with Gasteiger partial charge in [0.25, 0.3) is 0 Å². The molecule has 0 aromatic heterocycles. The number of anilines is 2. The van der Waals surface area contributed by atoms with Crippen LogP contribution in [0.3, 0.4) is 0 Å². The average molecular weight is 513 g/mol. The van der Waals surface area contributed by atoms with Crippen molar-refractivity contribution in [1.29, 1.82) is 0 Å². The van der Waals surface area contributed by atoms with E-state index in [1.165, 1.54) is 18.9 Å². The van der Waals surface area contributed by atoms with Crippen LogP contribution in [0.25, 0.3) is 0 Å². The molecule has 0 spiro atoms. The minimum atomic E-state index is -1.13. The quantitative estimate of drug-likeness (QED) is 0.442. The second kappa shape index (κ2) is 11.2. The number of hydrogen-bond donors (Lipinski definition) is 2. The van der Waals surface area contributed by atoms with Gasteiger partial charge in [-0.15, -0.1) is 0 Å². The Morgan fingerprint density at radius 1 is 1.22 bits per heavy atom. The highest BCUT2D eigenvalue weighted by molar-refractivity contribution is 5.91. The maximum absolute atomic E-state index is 15.1. The van der Waals surface area contributed by atoms with Crippen LogP contribution < -0.4 is 15.5 Å². The first-order chi connectivity index (χ1) is 17.0. The van der Waals surface area contributed by atoms with Crippen LogP contribution in [0.5, 0.6) is 0 Å². The molecule has 0 radical (unpaired) electrons. The molecule has 11 nitrogen and oxygen atoms in total. The molecule has 36 heavy (non-hydrogen) atoms. The van der Waals surface area contributed by atoms with Crippen molar-refractivity contribution in [1.82, 2.24) is 0 Å². The van der Waals surface area contributed by atoms with Gasteiger partial charge in [-0.05, 0) is 6.92 Å². The van der Waals surface area contributed by atoms with E-state index in [1.54, 1.807) is 0 Å². The Bertz CT molecular complexity index is 1010. The molecular formula is C23H29F2N3O8. The third-order valence-corrected chi connectivity index (χ3v) is 6.29. The summed E-state index contributed by atoms with van der Waals surface area (Å²) in [6.07, 6.45) is -2.08. The standard InChI is InChI=1S/C23H29F2N3O8/c1-13(29)20(26)17-11-28(22(33)35-17)14-9-15(24)21(16(25)10-14)27-7-5-23(6-8-27,12-34-2)36-19(32)4-3-18(30)31/h9-10,17,20H,3-8,11-12,26H2,1-2H3,(H,30,31)/t17-,20?/m0/s1. The lowest BCUT2D eigenvalue weighted by atomic mass is 9.91. The molecule has 0 saturated carbocycles. The molecule has 2 aliphatic rings. The number of carboxylic acid groups (broad SMARTS) is 1. The van der Waals surface area contributed by atoms with Gasteiger partial charge in [-0.1, -0.05) is 0 Å². The number of aliphatic carboxylic acids is 1. The summed E-state index contributed by atoms with van der Waals surface area (Å²) in [7, 11) is 1.43. The van der Waals surface area contributed by atoms with Crippen LogP contribution in [-0.4, -0.2) is 80.0 Å². The molecular weight excluding hydrogens is 484 g/mol. The number of hydrogen-bond acceptors (Lipinski definition) is 9. The zero-order chi connectivity index (χ0) is 26.6. The van der Waals surface area contributed by atoms with Gasteiger partial charge in [0.2, 0.25) is 0 Å². The molecule has 2 fully saturated rings. The molecule has 1 aromatic rings. The zero-order valence-corrected chi connectivity index (χ0v) is 20.0. The summed E-state index contributed by atoms with van der Waals surface area (Å²) in [6, 6.07) is 0.959. The molecule has 2 aliphatic heterocycles. The Labute approximate surface area is 206 Å². The largest absolute Gasteiger partial charge is 0.481 e. The van der Waals surface area contributed by atoms with Gasteiger partial charge in [-0.2, -0.15) is 0 Å². The molecule has 2 atom stereocenters. The van der Waals surface area contributed by atoms with Crippen molar-refractivity contribution >= 4 is 35.2 Å². The van der Waals surface area contributed by atoms with Gasteiger partial charge >= 0.3 is 18.0 Å². The Balaban J connectivity index is 1.71. The second-order valence-corrected chi connectivity index (χ2v) is 8.90. The van der Waals surface area contributed by atoms with E-state index >= 15 is 8.78 Å². The summed E-state index contributed by atoms with van der Waals surface area (Å²) in [4.78, 5) is 49.0. The molecule has 13 heteroatoms. The first-order valence-corrected chi connectivity index (χ1v) is 11.4. The van der Waals surface area contributed by atoms with E-state index in [9.17, 15) is 19.2 Å². The molecule has 0 aliphatic carbocycles. The number of halogens is 2. The van der Waals surface area contributed by atoms with Crippen molar-refractivity contribution < 1.29 is 47.3 Å². The minimum Gasteiger partial charge on any atom is -0.481 e. The van der Waals surface area contributed by atoms with Crippen LogP contribution in [0.4, 0.5) is 25.0 Å². The molecule has 0 bridgehead atoms. The number of amides is 1. The van der Waals surface area contributed by atoms with Crippen molar-refractivity contribution in [2.45, 2.75) is 50.4 Å². The number of esters is 1. The molecule has 3 N–H and O–H groups in total. The van der Waals surface area contributed by atoms with E-state index in [4.69, 9.17) is 25.1 Å². The van der Waals surface area contributed by atoms with E-state index in [-0.39, 0.29) is 69.1 Å². The number of methoxy groups -OCH3 is 1. The van der Waals surface area contributed by atoms with Crippen LogP contribution in [0, 0.1) is 11.6 Å². The monoisotopic (exact) mass is 513 g/mol. The van der Waals surface area contributed by atoms with E-state index < -0.39 is 47.4 Å². The number of ketones is 1. The number of benzene rings is 1. The SMILES string of the molecule is COCC1(OC(=O)CCC(=O)O)CCN(c2c(F)cc(N3C[C@@H](C(N)C(C)=O)OC3=O)cc2F)CC1. The summed E-state index contributed by atoms with van der Waals surface area (Å²) < 4.78 is 46.0. The summed E-state index contributed by atoms with van der Waals surface area (Å²) in [5.41, 5.74) is 4.32. The fraction of sp³-hybridized carbons (Fsp3) is 0.565. The Hall–Kier alpha value is -3.32. The van der Waals surface area contributed by atoms with Crippen molar-refractivity contribution in [3.8, 4) is 0 Å². The number of carbonyl (C=O) groups is 4. The zero-order valence-electron chi connectivity index (χ0n) is 20.0. The molecule has 3 rings (SSSR count). The third kappa shape index (κ3) is 6.08. The van der Waals surface area contributed by atoms with Crippen LogP contribution >= 0.6 is 0 Å². The number of Topliss-reactive ketones (excluding diaryl/α,β-unsaturated/α-hetero) is 1. The summed E-state index contributed by atoms with van der Waals surface area (Å²) in [5.74, 6) is -4.02. The number of nitrogens with zero attached hydrogens (tertiary/aromatic N) is 2. The Morgan fingerprint density at radius 3 is 2.36 bits per heavy atom. The van der Waals surface area contributed by atoms with Crippen LogP contribution in [0.2, 0.25) is 0 Å². The first-order valence-electron chi connectivity index (χ1n) is 11.4. The molecule has 1 unspecified atom stereocenters. The normalized spacial score (nSPS) is 20.1. The maximum atomic E-state index is 15.1. The van der Waals surface area contributed by atoms with Gasteiger partial charge in [-0.3, -0.25) is 19.3 Å². The Morgan fingerprint density at radius 2 is 1.83 bits per heavy atom. The lowest BCUT2D eigenvalue weighted by molar-refractivity contribution is -0.169. The summed E-state index contributed by atoms with van der Waals surface area (Å²) >= 11 is 0. The number of cyclic esters (lactones) is 1. The number of nitrogens with two attached hydrogens (primary N) is 1. The Kier molecular flexibility index (Phi) is 8.46. The molecule has 1 amide bonds. The van der Waals surface area contributed by atoms with Crippen LogP contribution in [-0.2, 0) is 28.6 Å². The van der Waals surface area contributed by atoms with E-state index in [0.29, 0.717) is 0 Å². The number of carbonyl (C=O) groups excluding carboxylic acids is 3. The molecule has 2 heterocycles. The van der Waals surface area contributed by atoms with Gasteiger partial charge in [0.1, 0.15) is 29.2 Å². The number of ether oxygens (including phenoxy) is 3. The summed E-state index contributed by atoms with van der Waals surface area (Å²) in [6.45, 7) is 1.43. The average Bonchev–Trinajstić information content (AvgIpc) is 3.19. The molecule has 1 aromatic carbocycles. The van der Waals surface area contributed by atoms with Crippen molar-refractivity contribution in [3.63, 3.8) is 0 Å². The van der Waals surface area contributed by atoms with Gasteiger partial charge in [-0.25, -0.2) is 13.6 Å². The summed E-state index contributed by atoms with van der Waals surface area (Å²) in [5, 5.41) is 8.75. The predicted octanol–water partition coefficient (Wildman–Crippen LogP) is 1.60. The van der Waals surface area contributed by atoms with Crippen LogP contribution in [0.1, 0.15) is 32.6 Å². The number of carboxylic acids is 1. The van der Waals surface area contributed by atoms with Crippen molar-refractivity contribution in [3.05, 3.63) is 23.8 Å². The fourth-order valence-electron chi connectivity index (χ4n) is 4.33. The fourth-order valence-corrected chi connectivity index (χ4v) is 4.33. The highest BCUT2D eigenvalue weighted by atomic mass is 19.1. The van der Waals surface area contributed by atoms with Gasteiger partial charge in [0.15, 0.2) is 11.6 Å². The highest BCUT2D eigenvalue weighted by Gasteiger charge is 2.41. The van der Waals surface area contributed by atoms with Crippen LogP contribution in [0.15, 0.2) is 12.1 Å². The molecule has 2 saturated heterocycles. The number of rotatable bonds is 10. The second-order valence-electron chi connectivity index (χ2n) is 8.90. The lowest BCUT2D eigenvalue weighted by Gasteiger charge is -2.41. The minimum absolute atomic E-state index is 0.0458. The predicted molar refractivity (Wildman–Crippen MR) is 122 cm³/mol. The van der Waals surface area contributed by atoms with Gasteiger partial charge < -0.3 is 30.0 Å². The third-order valence-electron chi connectivity index (χ3n) is 6.29. The van der Waals surface area contributed by atoms with Crippen molar-refractivity contribution in [2.24, 2.45) is 5.73 Å². The van der Waals surface area contributed by atoms with Gasteiger partial charge in [0.05, 0.1) is 31.7 Å². The highest BCUT2D eigenvalue weighted by Crippen LogP contribution is 2.35. The van der Waals surface area contributed by atoms with E-state index in [1.807, 2.05) is 0 Å². The van der Waals surface area contributed by atoms with Crippen molar-refractivity contribution in [2.75, 3.05) is 43.2 Å².